The molecule has 0 aromatic heterocycles. The zero-order chi connectivity index (χ0) is 11.5. The standard InChI is InChI=1S/C11H18O4/c1-10(12)15-9-7-5-3-4-6-8-11(13)14-2/h3,5H,4,6-9H2,1-2H3/b5-3-. The number of hydrogen-bond donors (Lipinski definition) is 0. The van der Waals surface area contributed by atoms with Gasteiger partial charge in [-0.1, -0.05) is 12.2 Å². The lowest BCUT2D eigenvalue weighted by molar-refractivity contribution is -0.141. The van der Waals surface area contributed by atoms with Gasteiger partial charge in [0.15, 0.2) is 0 Å². The van der Waals surface area contributed by atoms with Crippen LogP contribution in [-0.4, -0.2) is 25.7 Å². The minimum absolute atomic E-state index is 0.177. The molecule has 0 amide bonds. The number of carbonyl (C=O) groups is 2. The van der Waals surface area contributed by atoms with Crippen molar-refractivity contribution in [1.29, 1.82) is 0 Å². The molecule has 0 aliphatic carbocycles. The van der Waals surface area contributed by atoms with Crippen LogP contribution in [0.5, 0.6) is 0 Å². The zero-order valence-corrected chi connectivity index (χ0v) is 9.32. The molecule has 0 bridgehead atoms. The zero-order valence-electron chi connectivity index (χ0n) is 9.32. The van der Waals surface area contributed by atoms with Crippen LogP contribution < -0.4 is 0 Å². The van der Waals surface area contributed by atoms with Crippen molar-refractivity contribution in [1.82, 2.24) is 0 Å². The van der Waals surface area contributed by atoms with Gasteiger partial charge in [-0.05, 0) is 19.3 Å². The molecule has 0 aromatic carbocycles. The third kappa shape index (κ3) is 10.6. The van der Waals surface area contributed by atoms with Crippen LogP contribution in [0.3, 0.4) is 0 Å². The minimum Gasteiger partial charge on any atom is -0.469 e. The molecule has 0 aromatic rings. The van der Waals surface area contributed by atoms with Crippen LogP contribution in [0.4, 0.5) is 0 Å². The minimum atomic E-state index is -0.255. The monoisotopic (exact) mass is 214 g/mol. The Morgan fingerprint density at radius 3 is 2.47 bits per heavy atom. The van der Waals surface area contributed by atoms with Gasteiger partial charge in [0.05, 0.1) is 13.7 Å². The van der Waals surface area contributed by atoms with Crippen LogP contribution in [0.2, 0.25) is 0 Å². The second-order valence-electron chi connectivity index (χ2n) is 3.07. The molecule has 15 heavy (non-hydrogen) atoms. The molecule has 0 unspecified atom stereocenters. The summed E-state index contributed by atoms with van der Waals surface area (Å²) >= 11 is 0. The average molecular weight is 214 g/mol. The summed E-state index contributed by atoms with van der Waals surface area (Å²) < 4.78 is 9.24. The Morgan fingerprint density at radius 1 is 1.20 bits per heavy atom. The summed E-state index contributed by atoms with van der Waals surface area (Å²) in [6.07, 6.45) is 6.72. The third-order valence-corrected chi connectivity index (χ3v) is 1.74. The first kappa shape index (κ1) is 13.7. The van der Waals surface area contributed by atoms with E-state index in [2.05, 4.69) is 4.74 Å². The Balaban J connectivity index is 3.24. The smallest absolute Gasteiger partial charge is 0.305 e. The van der Waals surface area contributed by atoms with Crippen molar-refractivity contribution in [2.75, 3.05) is 13.7 Å². The molecule has 0 aliphatic rings. The van der Waals surface area contributed by atoms with Gasteiger partial charge in [0, 0.05) is 13.3 Å². The van der Waals surface area contributed by atoms with Gasteiger partial charge in [-0.15, -0.1) is 0 Å². The average Bonchev–Trinajstić information content (AvgIpc) is 2.21. The fourth-order valence-corrected chi connectivity index (χ4v) is 0.973. The highest BCUT2D eigenvalue weighted by molar-refractivity contribution is 5.69. The Labute approximate surface area is 90.2 Å². The van der Waals surface area contributed by atoms with Crippen LogP contribution >= 0.6 is 0 Å². The Morgan fingerprint density at radius 2 is 1.87 bits per heavy atom. The van der Waals surface area contributed by atoms with Crippen molar-refractivity contribution in [2.45, 2.75) is 32.6 Å². The molecule has 0 fully saturated rings. The number of methoxy groups -OCH3 is 1. The van der Waals surface area contributed by atoms with E-state index < -0.39 is 0 Å². The van der Waals surface area contributed by atoms with Crippen LogP contribution in [0.1, 0.15) is 32.6 Å². The molecular formula is C11H18O4. The molecule has 4 heteroatoms. The Kier molecular flexibility index (Phi) is 8.43. The quantitative estimate of drug-likeness (QED) is 0.368. The number of hydrogen-bond acceptors (Lipinski definition) is 4. The van der Waals surface area contributed by atoms with E-state index >= 15 is 0 Å². The highest BCUT2D eigenvalue weighted by atomic mass is 16.5. The topological polar surface area (TPSA) is 52.6 Å². The van der Waals surface area contributed by atoms with Crippen molar-refractivity contribution in [3.63, 3.8) is 0 Å². The molecule has 0 saturated carbocycles. The van der Waals surface area contributed by atoms with Crippen LogP contribution in [0, 0.1) is 0 Å². The van der Waals surface area contributed by atoms with Crippen LogP contribution in [-0.2, 0) is 19.1 Å². The van der Waals surface area contributed by atoms with E-state index in [1.165, 1.54) is 14.0 Å². The first-order valence-corrected chi connectivity index (χ1v) is 5.02. The first-order valence-electron chi connectivity index (χ1n) is 5.02. The van der Waals surface area contributed by atoms with Crippen LogP contribution in [0.25, 0.3) is 0 Å². The number of ether oxygens (including phenoxy) is 2. The molecule has 0 aliphatic heterocycles. The molecule has 86 valence electrons. The normalized spacial score (nSPS) is 10.3. The molecule has 0 rings (SSSR count). The lowest BCUT2D eigenvalue weighted by Gasteiger charge is -1.97. The first-order chi connectivity index (χ1) is 7.16. The van der Waals surface area contributed by atoms with E-state index in [1.807, 2.05) is 12.2 Å². The largest absolute Gasteiger partial charge is 0.469 e. The van der Waals surface area contributed by atoms with Gasteiger partial charge in [-0.3, -0.25) is 9.59 Å². The maximum Gasteiger partial charge on any atom is 0.305 e. The van der Waals surface area contributed by atoms with E-state index in [0.29, 0.717) is 13.0 Å². The summed E-state index contributed by atoms with van der Waals surface area (Å²) in [7, 11) is 1.39. The maximum absolute atomic E-state index is 10.7. The summed E-state index contributed by atoms with van der Waals surface area (Å²) in [5.74, 6) is -0.433. The summed E-state index contributed by atoms with van der Waals surface area (Å²) in [4.78, 5) is 21.1. The van der Waals surface area contributed by atoms with Gasteiger partial charge in [-0.2, -0.15) is 0 Å². The lowest BCUT2D eigenvalue weighted by Crippen LogP contribution is -1.99. The van der Waals surface area contributed by atoms with Crippen molar-refractivity contribution in [3.8, 4) is 0 Å². The fourth-order valence-electron chi connectivity index (χ4n) is 0.973. The molecule has 0 radical (unpaired) electrons. The number of rotatable bonds is 7. The molecule has 0 spiro atoms. The van der Waals surface area contributed by atoms with Crippen molar-refractivity contribution >= 4 is 11.9 Å². The van der Waals surface area contributed by atoms with E-state index in [4.69, 9.17) is 4.74 Å². The molecule has 0 atom stereocenters. The molecule has 0 heterocycles. The van der Waals surface area contributed by atoms with E-state index in [1.54, 1.807) is 0 Å². The Hall–Kier alpha value is -1.32. The van der Waals surface area contributed by atoms with Crippen LogP contribution in [0.15, 0.2) is 12.2 Å². The fraction of sp³-hybridized carbons (Fsp3) is 0.636. The SMILES string of the molecule is COC(=O)CCC/C=C\CCOC(C)=O. The Bertz CT molecular complexity index is 221. The molecule has 0 saturated heterocycles. The molecule has 0 N–H and O–H groups in total. The van der Waals surface area contributed by atoms with E-state index in [9.17, 15) is 9.59 Å². The number of esters is 2. The number of allylic oxidation sites excluding steroid dienone is 1. The second kappa shape index (κ2) is 9.24. The van der Waals surface area contributed by atoms with E-state index in [-0.39, 0.29) is 11.9 Å². The third-order valence-electron chi connectivity index (χ3n) is 1.74. The maximum atomic E-state index is 10.7. The molecular weight excluding hydrogens is 196 g/mol. The number of carbonyl (C=O) groups excluding carboxylic acids is 2. The highest BCUT2D eigenvalue weighted by Gasteiger charge is 1.96. The van der Waals surface area contributed by atoms with Gasteiger partial charge in [0.2, 0.25) is 0 Å². The van der Waals surface area contributed by atoms with Gasteiger partial charge < -0.3 is 9.47 Å². The highest BCUT2D eigenvalue weighted by Crippen LogP contribution is 1.99. The number of unbranched alkanes of at least 4 members (excludes halogenated alkanes) is 1. The molecule has 4 nitrogen and oxygen atoms in total. The predicted molar refractivity (Wildman–Crippen MR) is 56.3 cm³/mol. The van der Waals surface area contributed by atoms with Gasteiger partial charge in [0.1, 0.15) is 0 Å². The van der Waals surface area contributed by atoms with Crippen molar-refractivity contribution in [2.24, 2.45) is 0 Å². The predicted octanol–water partition coefficient (Wildman–Crippen LogP) is 1.84. The van der Waals surface area contributed by atoms with E-state index in [0.717, 1.165) is 19.3 Å². The summed E-state index contributed by atoms with van der Waals surface area (Å²) in [5.41, 5.74) is 0. The lowest BCUT2D eigenvalue weighted by atomic mass is 10.2. The second-order valence-corrected chi connectivity index (χ2v) is 3.07. The summed E-state index contributed by atoms with van der Waals surface area (Å²) in [6, 6.07) is 0. The van der Waals surface area contributed by atoms with Gasteiger partial charge in [-0.25, -0.2) is 0 Å². The van der Waals surface area contributed by atoms with Gasteiger partial charge in [0.25, 0.3) is 0 Å². The van der Waals surface area contributed by atoms with Gasteiger partial charge >= 0.3 is 11.9 Å². The van der Waals surface area contributed by atoms with Crippen molar-refractivity contribution < 1.29 is 19.1 Å². The van der Waals surface area contributed by atoms with Crippen molar-refractivity contribution in [3.05, 3.63) is 12.2 Å². The summed E-state index contributed by atoms with van der Waals surface area (Å²) in [6.45, 7) is 1.81. The summed E-state index contributed by atoms with van der Waals surface area (Å²) in [5, 5.41) is 0.